The summed E-state index contributed by atoms with van der Waals surface area (Å²) in [5.41, 5.74) is 0.178. The molecule has 0 atom stereocenters. The fourth-order valence-corrected chi connectivity index (χ4v) is 1.71. The minimum absolute atomic E-state index is 0.378. The molecule has 0 amide bonds. The molecular formula is C15H31N3O2. The monoisotopic (exact) mass is 285 g/mol. The number of rotatable bonds is 6. The van der Waals surface area contributed by atoms with E-state index in [2.05, 4.69) is 10.2 Å². The van der Waals surface area contributed by atoms with Gasteiger partial charge in [0.15, 0.2) is 0 Å². The first-order valence-corrected chi connectivity index (χ1v) is 7.36. The molecule has 20 heavy (non-hydrogen) atoms. The van der Waals surface area contributed by atoms with Crippen molar-refractivity contribution in [2.45, 2.75) is 34.1 Å². The average Bonchev–Trinajstić information content (AvgIpc) is 2.47. The second-order valence-corrected chi connectivity index (χ2v) is 4.21. The molecule has 0 bridgehead atoms. The van der Waals surface area contributed by atoms with E-state index in [4.69, 9.17) is 0 Å². The SMILES string of the molecule is CC.CC.CNc1c(N(C)CCCN(C)C)c(=O)c1=O. The van der Waals surface area contributed by atoms with Crippen molar-refractivity contribution in [3.63, 3.8) is 0 Å². The predicted molar refractivity (Wildman–Crippen MR) is 90.0 cm³/mol. The van der Waals surface area contributed by atoms with Crippen LogP contribution in [-0.2, 0) is 0 Å². The van der Waals surface area contributed by atoms with Crippen LogP contribution in [0.2, 0.25) is 0 Å². The lowest BCUT2D eigenvalue weighted by atomic mass is 10.1. The second-order valence-electron chi connectivity index (χ2n) is 4.21. The molecule has 0 heterocycles. The summed E-state index contributed by atoms with van der Waals surface area (Å²) < 4.78 is 0. The Balaban J connectivity index is 0. The molecule has 0 saturated carbocycles. The summed E-state index contributed by atoms with van der Waals surface area (Å²) in [5.74, 6) is 0. The number of anilines is 2. The van der Waals surface area contributed by atoms with Crippen LogP contribution in [-0.4, -0.2) is 46.2 Å². The van der Waals surface area contributed by atoms with Gasteiger partial charge in [0.1, 0.15) is 11.4 Å². The Morgan fingerprint density at radius 1 is 0.900 bits per heavy atom. The van der Waals surface area contributed by atoms with Crippen molar-refractivity contribution in [2.24, 2.45) is 0 Å². The van der Waals surface area contributed by atoms with E-state index in [0.29, 0.717) is 11.4 Å². The van der Waals surface area contributed by atoms with Crippen molar-refractivity contribution in [1.29, 1.82) is 0 Å². The zero-order chi connectivity index (χ0) is 16.3. The van der Waals surface area contributed by atoms with E-state index in [-0.39, 0.29) is 5.43 Å². The van der Waals surface area contributed by atoms with Gasteiger partial charge in [-0.1, -0.05) is 27.7 Å². The highest BCUT2D eigenvalue weighted by atomic mass is 16.2. The van der Waals surface area contributed by atoms with Crippen LogP contribution in [0.1, 0.15) is 34.1 Å². The zero-order valence-electron chi connectivity index (χ0n) is 14.3. The summed E-state index contributed by atoms with van der Waals surface area (Å²) in [5, 5.41) is 2.77. The molecule has 0 aliphatic heterocycles. The molecule has 0 aliphatic carbocycles. The Bertz CT molecular complexity index is 421. The first-order chi connectivity index (χ1) is 9.49. The van der Waals surface area contributed by atoms with Crippen LogP contribution in [0.5, 0.6) is 0 Å². The zero-order valence-corrected chi connectivity index (χ0v) is 14.3. The number of hydrogen-bond donors (Lipinski definition) is 1. The van der Waals surface area contributed by atoms with Gasteiger partial charge in [0, 0.05) is 20.6 Å². The van der Waals surface area contributed by atoms with Gasteiger partial charge in [0.05, 0.1) is 0 Å². The highest BCUT2D eigenvalue weighted by molar-refractivity contribution is 5.74. The van der Waals surface area contributed by atoms with Gasteiger partial charge in [-0.3, -0.25) is 9.59 Å². The van der Waals surface area contributed by atoms with Gasteiger partial charge in [0.2, 0.25) is 0 Å². The molecule has 0 fully saturated rings. The molecular weight excluding hydrogens is 254 g/mol. The Kier molecular flexibility index (Phi) is 12.0. The third kappa shape index (κ3) is 5.74. The van der Waals surface area contributed by atoms with Crippen molar-refractivity contribution < 1.29 is 0 Å². The van der Waals surface area contributed by atoms with Crippen molar-refractivity contribution in [3.05, 3.63) is 20.4 Å². The molecule has 1 N–H and O–H groups in total. The van der Waals surface area contributed by atoms with E-state index in [0.717, 1.165) is 19.5 Å². The molecule has 0 aliphatic rings. The first-order valence-electron chi connectivity index (χ1n) is 7.36. The maximum atomic E-state index is 11.4. The molecule has 0 saturated heterocycles. The fraction of sp³-hybridized carbons (Fsp3) is 0.733. The molecule has 0 spiro atoms. The highest BCUT2D eigenvalue weighted by Crippen LogP contribution is 2.17. The fourth-order valence-electron chi connectivity index (χ4n) is 1.71. The van der Waals surface area contributed by atoms with Crippen LogP contribution in [0.3, 0.4) is 0 Å². The van der Waals surface area contributed by atoms with Gasteiger partial charge < -0.3 is 15.1 Å². The van der Waals surface area contributed by atoms with E-state index in [1.807, 2.05) is 53.7 Å². The average molecular weight is 285 g/mol. The lowest BCUT2D eigenvalue weighted by Gasteiger charge is -2.23. The van der Waals surface area contributed by atoms with E-state index < -0.39 is 5.43 Å². The number of hydrogen-bond acceptors (Lipinski definition) is 5. The maximum Gasteiger partial charge on any atom is 0.253 e. The minimum atomic E-state index is -0.406. The summed E-state index contributed by atoms with van der Waals surface area (Å²) >= 11 is 0. The molecule has 0 unspecified atom stereocenters. The largest absolute Gasteiger partial charge is 0.383 e. The Labute approximate surface area is 123 Å². The molecule has 5 nitrogen and oxygen atoms in total. The summed E-state index contributed by atoms with van der Waals surface area (Å²) in [6.07, 6.45) is 0.964. The minimum Gasteiger partial charge on any atom is -0.383 e. The van der Waals surface area contributed by atoms with Crippen LogP contribution in [0.4, 0.5) is 11.4 Å². The maximum absolute atomic E-state index is 11.4. The third-order valence-corrected chi connectivity index (χ3v) is 2.62. The predicted octanol–water partition coefficient (Wildman–Crippen LogP) is 1.76. The highest BCUT2D eigenvalue weighted by Gasteiger charge is 2.22. The van der Waals surface area contributed by atoms with Crippen LogP contribution < -0.4 is 21.1 Å². The topological polar surface area (TPSA) is 52.6 Å². The van der Waals surface area contributed by atoms with E-state index in [9.17, 15) is 9.59 Å². The molecule has 1 aromatic carbocycles. The number of nitrogens with zero attached hydrogens (tertiary/aromatic N) is 2. The number of nitrogens with one attached hydrogen (secondary N) is 1. The standard InChI is InChI=1S/C11H19N3O2.2C2H6/c1-12-8-9(11(16)10(8)15)14(4)7-5-6-13(2)3;2*1-2/h12H,5-7H2,1-4H3;2*1-2H3. The molecule has 0 radical (unpaired) electrons. The van der Waals surface area contributed by atoms with E-state index >= 15 is 0 Å². The van der Waals surface area contributed by atoms with Gasteiger partial charge in [-0.2, -0.15) is 0 Å². The lowest BCUT2D eigenvalue weighted by molar-refractivity contribution is 0.401. The normalized spacial score (nSPS) is 9.45. The molecule has 1 aromatic rings. The van der Waals surface area contributed by atoms with Crippen LogP contribution in [0.15, 0.2) is 9.59 Å². The van der Waals surface area contributed by atoms with Crippen molar-refractivity contribution >= 4 is 11.4 Å². The van der Waals surface area contributed by atoms with Gasteiger partial charge in [-0.25, -0.2) is 0 Å². The van der Waals surface area contributed by atoms with Crippen LogP contribution >= 0.6 is 0 Å². The summed E-state index contributed by atoms with van der Waals surface area (Å²) in [4.78, 5) is 26.5. The summed E-state index contributed by atoms with van der Waals surface area (Å²) in [6, 6.07) is 0. The third-order valence-electron chi connectivity index (χ3n) is 2.62. The van der Waals surface area contributed by atoms with Crippen molar-refractivity contribution in [2.75, 3.05) is 51.5 Å². The second kappa shape index (κ2) is 11.5. The Morgan fingerprint density at radius 2 is 1.40 bits per heavy atom. The van der Waals surface area contributed by atoms with Gasteiger partial charge >= 0.3 is 0 Å². The summed E-state index contributed by atoms with van der Waals surface area (Å²) in [7, 11) is 7.52. The van der Waals surface area contributed by atoms with Crippen molar-refractivity contribution in [3.8, 4) is 0 Å². The first kappa shape index (κ1) is 20.9. The molecule has 5 heteroatoms. The smallest absolute Gasteiger partial charge is 0.253 e. The van der Waals surface area contributed by atoms with E-state index in [1.54, 1.807) is 7.05 Å². The van der Waals surface area contributed by atoms with Crippen molar-refractivity contribution in [1.82, 2.24) is 4.90 Å². The van der Waals surface area contributed by atoms with Gasteiger partial charge in [-0.05, 0) is 27.1 Å². The Morgan fingerprint density at radius 3 is 1.80 bits per heavy atom. The molecule has 1 rings (SSSR count). The van der Waals surface area contributed by atoms with Crippen LogP contribution in [0, 0.1) is 0 Å². The Hall–Kier alpha value is -1.36. The summed E-state index contributed by atoms with van der Waals surface area (Å²) in [6.45, 7) is 9.74. The quantitative estimate of drug-likeness (QED) is 0.807. The van der Waals surface area contributed by atoms with Gasteiger partial charge in [0.25, 0.3) is 10.9 Å². The van der Waals surface area contributed by atoms with E-state index in [1.165, 1.54) is 0 Å². The lowest BCUT2D eigenvalue weighted by Crippen LogP contribution is -2.41. The molecule has 0 aromatic heterocycles. The van der Waals surface area contributed by atoms with Gasteiger partial charge in [-0.15, -0.1) is 0 Å². The molecule has 118 valence electrons. The van der Waals surface area contributed by atoms with Crippen LogP contribution in [0.25, 0.3) is 0 Å².